The summed E-state index contributed by atoms with van der Waals surface area (Å²) in [5, 5.41) is 17.4. The standard InChI is InChI=1S/2C6H14O/c2*1-5(2)4-6(3)7/h2*5-7H,4H2,1-3H3. The van der Waals surface area contributed by atoms with Crippen molar-refractivity contribution in [2.75, 3.05) is 0 Å². The van der Waals surface area contributed by atoms with Crippen molar-refractivity contribution in [3.05, 3.63) is 0 Å². The Labute approximate surface area is 89.3 Å². The van der Waals surface area contributed by atoms with Crippen LogP contribution in [0, 0.1) is 11.8 Å². The van der Waals surface area contributed by atoms with Gasteiger partial charge in [-0.1, -0.05) is 27.7 Å². The summed E-state index contributed by atoms with van der Waals surface area (Å²) >= 11 is 0. The van der Waals surface area contributed by atoms with Crippen molar-refractivity contribution in [2.45, 2.75) is 66.6 Å². The molecular formula is C12H28O2. The van der Waals surface area contributed by atoms with Gasteiger partial charge in [0.1, 0.15) is 0 Å². The first kappa shape index (κ1) is 16.4. The van der Waals surface area contributed by atoms with Crippen molar-refractivity contribution < 1.29 is 10.2 Å². The zero-order chi connectivity index (χ0) is 11.7. The third kappa shape index (κ3) is 22.7. The van der Waals surface area contributed by atoms with Crippen molar-refractivity contribution in [3.8, 4) is 0 Å². The Morgan fingerprint density at radius 1 is 0.643 bits per heavy atom. The van der Waals surface area contributed by atoms with E-state index in [1.165, 1.54) is 0 Å². The molecule has 0 saturated heterocycles. The Morgan fingerprint density at radius 3 is 0.857 bits per heavy atom. The maximum absolute atomic E-state index is 8.72. The zero-order valence-corrected chi connectivity index (χ0v) is 10.6. The van der Waals surface area contributed by atoms with Gasteiger partial charge < -0.3 is 10.2 Å². The summed E-state index contributed by atoms with van der Waals surface area (Å²) < 4.78 is 0. The molecule has 2 atom stereocenters. The molecule has 0 aromatic carbocycles. The van der Waals surface area contributed by atoms with Crippen LogP contribution in [0.5, 0.6) is 0 Å². The van der Waals surface area contributed by atoms with Gasteiger partial charge in [0, 0.05) is 0 Å². The van der Waals surface area contributed by atoms with Crippen LogP contribution in [0.2, 0.25) is 0 Å². The lowest BCUT2D eigenvalue weighted by molar-refractivity contribution is 0.167. The fourth-order valence-corrected chi connectivity index (χ4v) is 1.36. The van der Waals surface area contributed by atoms with Crippen LogP contribution in [0.1, 0.15) is 54.4 Å². The number of hydrogen-bond acceptors (Lipinski definition) is 2. The Kier molecular flexibility index (Phi) is 11.1. The molecule has 2 heteroatoms. The molecule has 2 nitrogen and oxygen atoms in total. The summed E-state index contributed by atoms with van der Waals surface area (Å²) in [5.74, 6) is 1.25. The maximum Gasteiger partial charge on any atom is 0.0514 e. The van der Waals surface area contributed by atoms with E-state index in [0.717, 1.165) is 12.8 Å². The highest BCUT2D eigenvalue weighted by Crippen LogP contribution is 2.02. The van der Waals surface area contributed by atoms with Gasteiger partial charge in [-0.15, -0.1) is 0 Å². The number of aliphatic hydroxyl groups excluding tert-OH is 2. The fraction of sp³-hybridized carbons (Fsp3) is 1.00. The summed E-state index contributed by atoms with van der Waals surface area (Å²) in [5.41, 5.74) is 0. The molecule has 88 valence electrons. The fourth-order valence-electron chi connectivity index (χ4n) is 1.36. The number of aliphatic hydroxyl groups is 2. The van der Waals surface area contributed by atoms with Gasteiger partial charge >= 0.3 is 0 Å². The molecule has 0 heterocycles. The number of hydrogen-bond donors (Lipinski definition) is 2. The lowest BCUT2D eigenvalue weighted by Gasteiger charge is -2.04. The first-order valence-corrected chi connectivity index (χ1v) is 5.61. The van der Waals surface area contributed by atoms with Crippen LogP contribution in [0.25, 0.3) is 0 Å². The second kappa shape index (κ2) is 9.47. The summed E-state index contributed by atoms with van der Waals surface area (Å²) in [6.07, 6.45) is 1.58. The van der Waals surface area contributed by atoms with E-state index in [2.05, 4.69) is 27.7 Å². The zero-order valence-electron chi connectivity index (χ0n) is 10.6. The lowest BCUT2D eigenvalue weighted by atomic mass is 10.1. The first-order valence-electron chi connectivity index (χ1n) is 5.61. The highest BCUT2D eigenvalue weighted by atomic mass is 16.3. The molecule has 0 radical (unpaired) electrons. The molecule has 14 heavy (non-hydrogen) atoms. The molecule has 0 aromatic rings. The van der Waals surface area contributed by atoms with Gasteiger partial charge in [0.2, 0.25) is 0 Å². The van der Waals surface area contributed by atoms with E-state index < -0.39 is 0 Å². The Hall–Kier alpha value is -0.0800. The third-order valence-corrected chi connectivity index (χ3v) is 1.63. The van der Waals surface area contributed by atoms with Crippen LogP contribution in [0.15, 0.2) is 0 Å². The molecule has 0 spiro atoms. The predicted molar refractivity (Wildman–Crippen MR) is 62.3 cm³/mol. The van der Waals surface area contributed by atoms with Gasteiger partial charge in [0.25, 0.3) is 0 Å². The first-order chi connectivity index (χ1) is 6.25. The van der Waals surface area contributed by atoms with E-state index in [1.807, 2.05) is 13.8 Å². The molecule has 2 N–H and O–H groups in total. The van der Waals surface area contributed by atoms with Gasteiger partial charge in [-0.25, -0.2) is 0 Å². The molecular weight excluding hydrogens is 176 g/mol. The Bertz CT molecular complexity index is 80.9. The van der Waals surface area contributed by atoms with E-state index in [9.17, 15) is 0 Å². The van der Waals surface area contributed by atoms with Crippen molar-refractivity contribution >= 4 is 0 Å². The van der Waals surface area contributed by atoms with Gasteiger partial charge in [-0.2, -0.15) is 0 Å². The summed E-state index contributed by atoms with van der Waals surface area (Å²) in [6.45, 7) is 12.1. The van der Waals surface area contributed by atoms with Crippen molar-refractivity contribution in [3.63, 3.8) is 0 Å². The van der Waals surface area contributed by atoms with Crippen LogP contribution < -0.4 is 0 Å². The van der Waals surface area contributed by atoms with Crippen LogP contribution in [-0.4, -0.2) is 22.4 Å². The van der Waals surface area contributed by atoms with Crippen LogP contribution in [0.3, 0.4) is 0 Å². The van der Waals surface area contributed by atoms with Crippen LogP contribution >= 0.6 is 0 Å². The molecule has 0 aliphatic carbocycles. The Balaban J connectivity index is 0. The molecule has 0 aromatic heterocycles. The average molecular weight is 204 g/mol. The topological polar surface area (TPSA) is 40.5 Å². The second-order valence-electron chi connectivity index (χ2n) is 4.96. The van der Waals surface area contributed by atoms with E-state index in [0.29, 0.717) is 11.8 Å². The lowest BCUT2D eigenvalue weighted by Crippen LogP contribution is -2.03. The quantitative estimate of drug-likeness (QED) is 0.739. The molecule has 0 fully saturated rings. The SMILES string of the molecule is CC(C)CC(C)O.CC(C)CC(C)O. The minimum atomic E-state index is -0.125. The van der Waals surface area contributed by atoms with Gasteiger partial charge in [0.15, 0.2) is 0 Å². The smallest absolute Gasteiger partial charge is 0.0514 e. The summed E-state index contributed by atoms with van der Waals surface area (Å²) in [7, 11) is 0. The Morgan fingerprint density at radius 2 is 0.857 bits per heavy atom. The number of rotatable bonds is 4. The third-order valence-electron chi connectivity index (χ3n) is 1.63. The largest absolute Gasteiger partial charge is 0.393 e. The molecule has 0 amide bonds. The highest BCUT2D eigenvalue weighted by molar-refractivity contribution is 4.49. The minimum absolute atomic E-state index is 0.125. The monoisotopic (exact) mass is 204 g/mol. The van der Waals surface area contributed by atoms with Crippen molar-refractivity contribution in [1.82, 2.24) is 0 Å². The molecule has 0 bridgehead atoms. The molecule has 0 saturated carbocycles. The van der Waals surface area contributed by atoms with Gasteiger partial charge in [0.05, 0.1) is 12.2 Å². The van der Waals surface area contributed by atoms with E-state index >= 15 is 0 Å². The molecule has 0 aliphatic rings. The van der Waals surface area contributed by atoms with Gasteiger partial charge in [-0.05, 0) is 38.5 Å². The van der Waals surface area contributed by atoms with Crippen LogP contribution in [-0.2, 0) is 0 Å². The summed E-state index contributed by atoms with van der Waals surface area (Å²) in [6, 6.07) is 0. The maximum atomic E-state index is 8.72. The normalized spacial score (nSPS) is 15.0. The molecule has 0 aliphatic heterocycles. The van der Waals surface area contributed by atoms with E-state index in [1.54, 1.807) is 0 Å². The summed E-state index contributed by atoms with van der Waals surface area (Å²) in [4.78, 5) is 0. The van der Waals surface area contributed by atoms with Crippen molar-refractivity contribution in [1.29, 1.82) is 0 Å². The second-order valence-corrected chi connectivity index (χ2v) is 4.96. The van der Waals surface area contributed by atoms with E-state index in [-0.39, 0.29) is 12.2 Å². The average Bonchev–Trinajstić information content (AvgIpc) is 1.79. The highest BCUT2D eigenvalue weighted by Gasteiger charge is 1.97. The van der Waals surface area contributed by atoms with Gasteiger partial charge in [-0.3, -0.25) is 0 Å². The minimum Gasteiger partial charge on any atom is -0.393 e. The van der Waals surface area contributed by atoms with E-state index in [4.69, 9.17) is 10.2 Å². The molecule has 2 unspecified atom stereocenters. The van der Waals surface area contributed by atoms with Crippen LogP contribution in [0.4, 0.5) is 0 Å². The van der Waals surface area contributed by atoms with Crippen molar-refractivity contribution in [2.24, 2.45) is 11.8 Å². The molecule has 0 rings (SSSR count). The predicted octanol–water partition coefficient (Wildman–Crippen LogP) is 2.83.